The fourth-order valence-electron chi connectivity index (χ4n) is 2.73. The molecule has 3 aromatic rings. The molecule has 2 N–H and O–H groups in total. The SMILES string of the molecule is O=S(=O)(NCC(F)(F)F)c1ccc(NS(=O)(=O)c2ccccc2-c2ccccc2)cc1. The molecule has 0 atom stereocenters. The molecule has 0 saturated carbocycles. The highest BCUT2D eigenvalue weighted by atomic mass is 32.2. The molecule has 3 rings (SSSR count). The van der Waals surface area contributed by atoms with Gasteiger partial charge in [-0.2, -0.15) is 13.2 Å². The summed E-state index contributed by atoms with van der Waals surface area (Å²) >= 11 is 0. The molecule has 0 aliphatic carbocycles. The maximum atomic E-state index is 12.9. The van der Waals surface area contributed by atoms with Crippen molar-refractivity contribution in [2.24, 2.45) is 0 Å². The number of benzene rings is 3. The van der Waals surface area contributed by atoms with Gasteiger partial charge in [-0.15, -0.1) is 0 Å². The van der Waals surface area contributed by atoms with E-state index in [2.05, 4.69) is 4.72 Å². The first-order valence-electron chi connectivity index (χ1n) is 8.82. The lowest BCUT2D eigenvalue weighted by atomic mass is 10.1. The third-order valence-electron chi connectivity index (χ3n) is 4.14. The number of anilines is 1. The lowest BCUT2D eigenvalue weighted by Crippen LogP contribution is -2.33. The topological polar surface area (TPSA) is 92.3 Å². The molecule has 0 unspecified atom stereocenters. The molecule has 0 aliphatic rings. The Labute approximate surface area is 177 Å². The number of alkyl halides is 3. The van der Waals surface area contributed by atoms with E-state index in [1.165, 1.54) is 10.8 Å². The first-order valence-corrected chi connectivity index (χ1v) is 11.8. The fraction of sp³-hybridized carbons (Fsp3) is 0.100. The molecule has 0 fully saturated rings. The van der Waals surface area contributed by atoms with Crippen molar-refractivity contribution in [1.82, 2.24) is 4.72 Å². The molecule has 6 nitrogen and oxygen atoms in total. The summed E-state index contributed by atoms with van der Waals surface area (Å²) in [6, 6.07) is 19.6. The highest BCUT2D eigenvalue weighted by Gasteiger charge is 2.30. The van der Waals surface area contributed by atoms with E-state index in [0.29, 0.717) is 11.1 Å². The zero-order valence-corrected chi connectivity index (χ0v) is 17.4. The second kappa shape index (κ2) is 8.69. The summed E-state index contributed by atoms with van der Waals surface area (Å²) in [5.41, 5.74) is 1.23. The zero-order valence-electron chi connectivity index (χ0n) is 15.8. The van der Waals surface area contributed by atoms with Crippen molar-refractivity contribution in [3.63, 3.8) is 0 Å². The smallest absolute Gasteiger partial charge is 0.280 e. The lowest BCUT2D eigenvalue weighted by Gasteiger charge is -2.13. The Balaban J connectivity index is 1.84. The maximum absolute atomic E-state index is 12.9. The third kappa shape index (κ3) is 5.84. The number of halogens is 3. The van der Waals surface area contributed by atoms with Crippen molar-refractivity contribution >= 4 is 25.7 Å². The Hall–Kier alpha value is -2.89. The van der Waals surface area contributed by atoms with E-state index in [4.69, 9.17) is 0 Å². The Morgan fingerprint density at radius 1 is 0.710 bits per heavy atom. The van der Waals surface area contributed by atoms with E-state index in [-0.39, 0.29) is 10.6 Å². The number of rotatable bonds is 7. The van der Waals surface area contributed by atoms with Gasteiger partial charge >= 0.3 is 6.18 Å². The molecule has 0 amide bonds. The second-order valence-electron chi connectivity index (χ2n) is 6.43. The Morgan fingerprint density at radius 2 is 1.29 bits per heavy atom. The molecule has 164 valence electrons. The summed E-state index contributed by atoms with van der Waals surface area (Å²) in [5.74, 6) is 0. The van der Waals surface area contributed by atoms with E-state index in [1.807, 2.05) is 0 Å². The molecule has 0 aromatic heterocycles. The predicted octanol–water partition coefficient (Wildman–Crippen LogP) is 4.00. The van der Waals surface area contributed by atoms with Gasteiger partial charge in [0.05, 0.1) is 9.79 Å². The number of hydrogen-bond acceptors (Lipinski definition) is 4. The molecule has 0 aliphatic heterocycles. The van der Waals surface area contributed by atoms with Gasteiger partial charge in [-0.3, -0.25) is 4.72 Å². The third-order valence-corrected chi connectivity index (χ3v) is 7.00. The van der Waals surface area contributed by atoms with Crippen molar-refractivity contribution < 1.29 is 30.0 Å². The van der Waals surface area contributed by atoms with Gasteiger partial charge in [-0.05, 0) is 35.9 Å². The molecule has 11 heteroatoms. The van der Waals surface area contributed by atoms with Gasteiger partial charge < -0.3 is 0 Å². The van der Waals surface area contributed by atoms with Crippen molar-refractivity contribution in [2.45, 2.75) is 16.0 Å². The first-order chi connectivity index (χ1) is 14.5. The Bertz CT molecular complexity index is 1260. The molecular formula is C20H17F3N2O4S2. The molecule has 0 spiro atoms. The van der Waals surface area contributed by atoms with E-state index < -0.39 is 37.7 Å². The standard InChI is InChI=1S/C20H17F3N2O4S2/c21-20(22,23)14-24-30(26,27)17-12-10-16(11-13-17)25-31(28,29)19-9-5-4-8-18(19)15-6-2-1-3-7-15/h1-13,24-25H,14H2. The number of nitrogens with one attached hydrogen (secondary N) is 2. The number of hydrogen-bond donors (Lipinski definition) is 2. The van der Waals surface area contributed by atoms with Gasteiger partial charge in [-0.1, -0.05) is 48.5 Å². The van der Waals surface area contributed by atoms with Crippen molar-refractivity contribution in [3.05, 3.63) is 78.9 Å². The largest absolute Gasteiger partial charge is 0.402 e. The molecule has 0 radical (unpaired) electrons. The van der Waals surface area contributed by atoms with Crippen LogP contribution in [-0.2, 0) is 20.0 Å². The fourth-order valence-corrected chi connectivity index (χ4v) is 5.03. The van der Waals surface area contributed by atoms with Crippen LogP contribution in [0.3, 0.4) is 0 Å². The average molecular weight is 470 g/mol. The summed E-state index contributed by atoms with van der Waals surface area (Å²) in [4.78, 5) is -0.408. The van der Waals surface area contributed by atoms with Crippen molar-refractivity contribution in [3.8, 4) is 11.1 Å². The molecule has 0 saturated heterocycles. The van der Waals surface area contributed by atoms with Crippen molar-refractivity contribution in [2.75, 3.05) is 11.3 Å². The van der Waals surface area contributed by atoms with Crippen LogP contribution in [0.2, 0.25) is 0 Å². The maximum Gasteiger partial charge on any atom is 0.402 e. The normalized spacial score (nSPS) is 12.5. The summed E-state index contributed by atoms with van der Waals surface area (Å²) in [6.07, 6.45) is -4.70. The van der Waals surface area contributed by atoms with Crippen LogP contribution in [0.1, 0.15) is 0 Å². The first kappa shape index (κ1) is 22.8. The summed E-state index contributed by atoms with van der Waals surface area (Å²) in [7, 11) is -8.43. The van der Waals surface area contributed by atoms with Gasteiger partial charge in [0, 0.05) is 11.3 Å². The highest BCUT2D eigenvalue weighted by molar-refractivity contribution is 7.93. The Kier molecular flexibility index (Phi) is 6.39. The molecule has 0 bridgehead atoms. The van der Waals surface area contributed by atoms with Crippen LogP contribution in [-0.4, -0.2) is 29.6 Å². The van der Waals surface area contributed by atoms with Crippen LogP contribution in [0, 0.1) is 0 Å². The van der Waals surface area contributed by atoms with Gasteiger partial charge in [-0.25, -0.2) is 21.6 Å². The quantitative estimate of drug-likeness (QED) is 0.546. The predicted molar refractivity (Wildman–Crippen MR) is 110 cm³/mol. The van der Waals surface area contributed by atoms with E-state index in [1.54, 1.807) is 48.5 Å². The van der Waals surface area contributed by atoms with Crippen LogP contribution in [0.15, 0.2) is 88.7 Å². The molecule has 3 aromatic carbocycles. The van der Waals surface area contributed by atoms with Crippen molar-refractivity contribution in [1.29, 1.82) is 0 Å². The Morgan fingerprint density at radius 3 is 1.90 bits per heavy atom. The minimum Gasteiger partial charge on any atom is -0.280 e. The van der Waals surface area contributed by atoms with Gasteiger partial charge in [0.15, 0.2) is 0 Å². The molecule has 0 heterocycles. The second-order valence-corrected chi connectivity index (χ2v) is 9.85. The summed E-state index contributed by atoms with van der Waals surface area (Å²) in [5, 5.41) is 0. The monoisotopic (exact) mass is 470 g/mol. The van der Waals surface area contributed by atoms with E-state index in [9.17, 15) is 30.0 Å². The molecule has 31 heavy (non-hydrogen) atoms. The lowest BCUT2D eigenvalue weighted by molar-refractivity contribution is -0.121. The summed E-state index contributed by atoms with van der Waals surface area (Å²) < 4.78 is 90.3. The highest BCUT2D eigenvalue weighted by Crippen LogP contribution is 2.28. The summed E-state index contributed by atoms with van der Waals surface area (Å²) in [6.45, 7) is -1.71. The number of sulfonamides is 2. The van der Waals surface area contributed by atoms with Crippen LogP contribution in [0.5, 0.6) is 0 Å². The van der Waals surface area contributed by atoms with Crippen LogP contribution < -0.4 is 9.44 Å². The van der Waals surface area contributed by atoms with Gasteiger partial charge in [0.25, 0.3) is 10.0 Å². The zero-order chi connectivity index (χ0) is 22.7. The molecular weight excluding hydrogens is 453 g/mol. The van der Waals surface area contributed by atoms with Gasteiger partial charge in [0.1, 0.15) is 6.54 Å². The van der Waals surface area contributed by atoms with Crippen LogP contribution >= 0.6 is 0 Å². The van der Waals surface area contributed by atoms with E-state index >= 15 is 0 Å². The van der Waals surface area contributed by atoms with Gasteiger partial charge in [0.2, 0.25) is 10.0 Å². The van der Waals surface area contributed by atoms with Crippen LogP contribution in [0.4, 0.5) is 18.9 Å². The minimum absolute atomic E-state index is 0.0183. The minimum atomic E-state index is -4.70. The average Bonchev–Trinajstić information content (AvgIpc) is 2.73. The van der Waals surface area contributed by atoms with Crippen LogP contribution in [0.25, 0.3) is 11.1 Å². The van der Waals surface area contributed by atoms with E-state index in [0.717, 1.165) is 24.3 Å².